The Hall–Kier alpha value is -3.31. The molecule has 1 saturated heterocycles. The highest BCUT2D eigenvalue weighted by Gasteiger charge is 2.46. The number of rotatable bonds is 6. The first-order chi connectivity index (χ1) is 16.3. The highest BCUT2D eigenvalue weighted by molar-refractivity contribution is 6.54. The molecule has 4 rings (SSSR count). The molecule has 0 spiro atoms. The predicted molar refractivity (Wildman–Crippen MR) is 122 cm³/mol. The highest BCUT2D eigenvalue weighted by atomic mass is 16.8. The number of aliphatic hydroxyl groups is 3. The van der Waals surface area contributed by atoms with Crippen LogP contribution in [0.1, 0.15) is 23.6 Å². The van der Waals surface area contributed by atoms with E-state index in [1.807, 2.05) is 55.5 Å². The second-order valence-corrected chi connectivity index (χ2v) is 8.38. The van der Waals surface area contributed by atoms with Crippen molar-refractivity contribution in [2.45, 2.75) is 51.0 Å². The van der Waals surface area contributed by atoms with Crippen molar-refractivity contribution >= 4 is 23.2 Å². The fraction of sp³-hybridized carbons (Fsp3) is 0.375. The molecule has 0 aliphatic carbocycles. The Kier molecular flexibility index (Phi) is 6.94. The van der Waals surface area contributed by atoms with Gasteiger partial charge in [0.2, 0.25) is 12.2 Å². The molecule has 2 heterocycles. The minimum absolute atomic E-state index is 0.0426. The van der Waals surface area contributed by atoms with Gasteiger partial charge >= 0.3 is 0 Å². The maximum atomic E-state index is 13.3. The topological polar surface area (TPSA) is 141 Å². The largest absolute Gasteiger partial charge is 0.394 e. The first-order valence-electron chi connectivity index (χ1n) is 10.9. The Labute approximate surface area is 196 Å². The Balaban J connectivity index is 1.64. The fourth-order valence-corrected chi connectivity index (χ4v) is 4.10. The van der Waals surface area contributed by atoms with Crippen LogP contribution < -0.4 is 10.2 Å². The molecule has 2 amide bonds. The number of nitrogens with one attached hydrogen (secondary N) is 1. The normalized spacial score (nSPS) is 27.6. The van der Waals surface area contributed by atoms with E-state index in [1.165, 1.54) is 6.92 Å². The van der Waals surface area contributed by atoms with Gasteiger partial charge in [-0.2, -0.15) is 0 Å². The quantitative estimate of drug-likeness (QED) is 0.443. The van der Waals surface area contributed by atoms with Crippen LogP contribution >= 0.6 is 0 Å². The molecule has 0 radical (unpaired) electrons. The van der Waals surface area contributed by atoms with Crippen molar-refractivity contribution in [1.29, 1.82) is 0 Å². The van der Waals surface area contributed by atoms with E-state index in [1.54, 1.807) is 4.90 Å². The minimum Gasteiger partial charge on any atom is -0.394 e. The second-order valence-electron chi connectivity index (χ2n) is 8.38. The molecule has 0 bridgehead atoms. The number of carbonyl (C=O) groups is 2. The number of aryl methyl sites for hydroxylation is 1. The van der Waals surface area contributed by atoms with E-state index in [-0.39, 0.29) is 11.6 Å². The van der Waals surface area contributed by atoms with Crippen LogP contribution in [0, 0.1) is 6.92 Å². The first kappa shape index (κ1) is 23.8. The molecule has 2 aliphatic rings. The van der Waals surface area contributed by atoms with Gasteiger partial charge in [0.15, 0.2) is 5.71 Å². The zero-order valence-corrected chi connectivity index (χ0v) is 18.8. The summed E-state index contributed by atoms with van der Waals surface area (Å²) in [5, 5.41) is 36.6. The minimum atomic E-state index is -1.48. The summed E-state index contributed by atoms with van der Waals surface area (Å²) in [5.74, 6) is -0.869. The van der Waals surface area contributed by atoms with Crippen LogP contribution in [0.3, 0.4) is 0 Å². The van der Waals surface area contributed by atoms with E-state index >= 15 is 0 Å². The zero-order valence-electron chi connectivity index (χ0n) is 18.8. The van der Waals surface area contributed by atoms with Gasteiger partial charge in [-0.1, -0.05) is 47.1 Å². The number of amides is 2. The Morgan fingerprint density at radius 1 is 1.18 bits per heavy atom. The average Bonchev–Trinajstić information content (AvgIpc) is 3.07. The van der Waals surface area contributed by atoms with Crippen molar-refractivity contribution in [2.24, 2.45) is 5.16 Å². The number of carbonyl (C=O) groups excluding carboxylic acids is 2. The Morgan fingerprint density at radius 2 is 1.91 bits per heavy atom. The van der Waals surface area contributed by atoms with Crippen molar-refractivity contribution in [3.63, 3.8) is 0 Å². The molecular weight excluding hydrogens is 442 g/mol. The number of fused-ring (bicyclic) bond motifs is 1. The highest BCUT2D eigenvalue weighted by Crippen LogP contribution is 2.32. The number of anilines is 1. The van der Waals surface area contributed by atoms with Crippen molar-refractivity contribution in [3.8, 4) is 0 Å². The molecular formula is C24H27N3O7. The van der Waals surface area contributed by atoms with Gasteiger partial charge in [-0.05, 0) is 24.6 Å². The van der Waals surface area contributed by atoms with Gasteiger partial charge in [0.05, 0.1) is 18.8 Å². The van der Waals surface area contributed by atoms with Crippen LogP contribution in [0.5, 0.6) is 0 Å². The van der Waals surface area contributed by atoms with Gasteiger partial charge in [0.1, 0.15) is 24.4 Å². The SMILES string of the molecule is CC(=O)N[C@@H]1[C@H](O/N=C2\C(=O)N(Cc3ccccc3)c3ccc(C)cc32)O[C@H](CO)[C@@H](O)[C@@H]1O. The lowest BCUT2D eigenvalue weighted by Gasteiger charge is -2.40. The van der Waals surface area contributed by atoms with Crippen LogP contribution in [0.4, 0.5) is 5.69 Å². The number of hydrogen-bond acceptors (Lipinski definition) is 8. The van der Waals surface area contributed by atoms with Crippen LogP contribution in [0.15, 0.2) is 53.7 Å². The number of aliphatic hydroxyl groups excluding tert-OH is 3. The first-order valence-corrected chi connectivity index (χ1v) is 10.9. The molecule has 0 aromatic heterocycles. The van der Waals surface area contributed by atoms with Gasteiger partial charge < -0.3 is 35.1 Å². The third-order valence-electron chi connectivity index (χ3n) is 5.83. The maximum absolute atomic E-state index is 13.3. The molecule has 10 nitrogen and oxygen atoms in total. The van der Waals surface area contributed by atoms with E-state index in [0.717, 1.165) is 11.1 Å². The molecule has 180 valence electrons. The summed E-state index contributed by atoms with van der Waals surface area (Å²) >= 11 is 0. The lowest BCUT2D eigenvalue weighted by Crippen LogP contribution is -2.64. The summed E-state index contributed by atoms with van der Waals surface area (Å²) in [6.07, 6.45) is -5.44. The van der Waals surface area contributed by atoms with Gasteiger partial charge in [-0.15, -0.1) is 0 Å². The molecule has 4 N–H and O–H groups in total. The third-order valence-corrected chi connectivity index (χ3v) is 5.83. The van der Waals surface area contributed by atoms with Crippen molar-refractivity contribution < 1.29 is 34.5 Å². The monoisotopic (exact) mass is 469 g/mol. The summed E-state index contributed by atoms with van der Waals surface area (Å²) in [6, 6.07) is 13.9. The van der Waals surface area contributed by atoms with E-state index in [9.17, 15) is 24.9 Å². The Morgan fingerprint density at radius 3 is 2.59 bits per heavy atom. The van der Waals surface area contributed by atoms with Crippen molar-refractivity contribution in [2.75, 3.05) is 11.5 Å². The van der Waals surface area contributed by atoms with E-state index in [2.05, 4.69) is 10.5 Å². The summed E-state index contributed by atoms with van der Waals surface area (Å²) in [7, 11) is 0. The van der Waals surface area contributed by atoms with Crippen LogP contribution in [0.25, 0.3) is 0 Å². The second kappa shape index (κ2) is 9.90. The maximum Gasteiger partial charge on any atom is 0.281 e. The lowest BCUT2D eigenvalue weighted by molar-refractivity contribution is -0.270. The molecule has 34 heavy (non-hydrogen) atoms. The third kappa shape index (κ3) is 4.66. The molecule has 0 unspecified atom stereocenters. The summed E-state index contributed by atoms with van der Waals surface area (Å²) in [6.45, 7) is 2.87. The summed E-state index contributed by atoms with van der Waals surface area (Å²) in [4.78, 5) is 32.1. The van der Waals surface area contributed by atoms with Crippen LogP contribution in [0.2, 0.25) is 0 Å². The van der Waals surface area contributed by atoms with Gasteiger partial charge in [0.25, 0.3) is 5.91 Å². The number of ether oxygens (including phenoxy) is 1. The standard InChI is InChI=1S/C24H27N3O7/c1-13-8-9-17-16(10-13)19(23(32)27(17)11-15-6-4-3-5-7-15)26-34-24-20(25-14(2)29)22(31)21(30)18(12-28)33-24/h3-10,18,20-22,24,28,30-31H,11-12H2,1-2H3,(H,25,29)/b26-19-/t18-,20+,21-,22-,24+/m1/s1. The molecule has 5 atom stereocenters. The lowest BCUT2D eigenvalue weighted by atomic mass is 9.97. The van der Waals surface area contributed by atoms with Crippen molar-refractivity contribution in [3.05, 3.63) is 65.2 Å². The summed E-state index contributed by atoms with van der Waals surface area (Å²) < 4.78 is 5.53. The van der Waals surface area contributed by atoms with Gasteiger partial charge in [0, 0.05) is 12.5 Å². The molecule has 1 fully saturated rings. The fourth-order valence-electron chi connectivity index (χ4n) is 4.10. The van der Waals surface area contributed by atoms with E-state index in [4.69, 9.17) is 9.57 Å². The van der Waals surface area contributed by atoms with Gasteiger partial charge in [-0.3, -0.25) is 9.59 Å². The molecule has 2 aliphatic heterocycles. The smallest absolute Gasteiger partial charge is 0.281 e. The summed E-state index contributed by atoms with van der Waals surface area (Å²) in [5.41, 5.74) is 3.15. The van der Waals surface area contributed by atoms with Gasteiger partial charge in [-0.25, -0.2) is 0 Å². The van der Waals surface area contributed by atoms with Crippen molar-refractivity contribution in [1.82, 2.24) is 5.32 Å². The molecule has 0 saturated carbocycles. The number of nitrogens with zero attached hydrogens (tertiary/aromatic N) is 2. The number of benzene rings is 2. The number of hydrogen-bond donors (Lipinski definition) is 4. The Bertz CT molecular complexity index is 1090. The molecule has 2 aromatic carbocycles. The van der Waals surface area contributed by atoms with Crippen LogP contribution in [-0.4, -0.2) is 70.1 Å². The molecule has 10 heteroatoms. The predicted octanol–water partition coefficient (Wildman–Crippen LogP) is 0.206. The van der Waals surface area contributed by atoms with E-state index in [0.29, 0.717) is 17.8 Å². The molecule has 2 aromatic rings. The zero-order chi connectivity index (χ0) is 24.4. The average molecular weight is 469 g/mol. The van der Waals surface area contributed by atoms with E-state index < -0.39 is 43.2 Å². The number of oxime groups is 1. The van der Waals surface area contributed by atoms with Crippen LogP contribution in [-0.2, 0) is 25.7 Å².